The van der Waals surface area contributed by atoms with Gasteiger partial charge in [0.25, 0.3) is 0 Å². The Balaban J connectivity index is 2.63. The first-order valence-electron chi connectivity index (χ1n) is 2.77. The van der Waals surface area contributed by atoms with Crippen molar-refractivity contribution >= 4 is 7.85 Å². The second kappa shape index (κ2) is 3.26. The molecule has 0 spiro atoms. The Morgan fingerprint density at radius 2 is 2.17 bits per heavy atom. The van der Waals surface area contributed by atoms with E-state index >= 15 is 0 Å². The van der Waals surface area contributed by atoms with Crippen LogP contribution in [0.3, 0.4) is 0 Å². The molecule has 36 valence electrons. The molecule has 0 aliphatic heterocycles. The molecule has 0 fully saturated rings. The first-order chi connectivity index (χ1) is 2.77. The van der Waals surface area contributed by atoms with Crippen molar-refractivity contribution in [1.82, 2.24) is 0 Å². The summed E-state index contributed by atoms with van der Waals surface area (Å²) in [4.78, 5) is 0. The summed E-state index contributed by atoms with van der Waals surface area (Å²) in [6, 6.07) is 0. The first kappa shape index (κ1) is 6.06. The summed E-state index contributed by atoms with van der Waals surface area (Å²) in [6.45, 7) is 4.48. The van der Waals surface area contributed by atoms with Gasteiger partial charge in [-0.3, -0.25) is 0 Å². The van der Waals surface area contributed by atoms with Gasteiger partial charge in [-0.15, -0.1) is 0 Å². The third-order valence-electron chi connectivity index (χ3n) is 0.866. The molecule has 0 amide bonds. The van der Waals surface area contributed by atoms with E-state index in [-0.39, 0.29) is 0 Å². The van der Waals surface area contributed by atoms with E-state index in [1.165, 1.54) is 12.8 Å². The quantitative estimate of drug-likeness (QED) is 0.441. The van der Waals surface area contributed by atoms with Crippen LogP contribution in [0.25, 0.3) is 0 Å². The second-order valence-electron chi connectivity index (χ2n) is 2.18. The lowest BCUT2D eigenvalue weighted by atomic mass is 9.86. The van der Waals surface area contributed by atoms with Gasteiger partial charge in [-0.1, -0.05) is 32.5 Å². The highest BCUT2D eigenvalue weighted by atomic mass is 13.8. The summed E-state index contributed by atoms with van der Waals surface area (Å²) in [7, 11) is 2.25. The summed E-state index contributed by atoms with van der Waals surface area (Å²) in [5, 5.41) is 0. The zero-order valence-corrected chi connectivity index (χ0v) is 4.99. The lowest BCUT2D eigenvalue weighted by molar-refractivity contribution is 0.769. The van der Waals surface area contributed by atoms with Crippen molar-refractivity contribution < 1.29 is 0 Å². The minimum absolute atomic E-state index is 0.898. The summed E-state index contributed by atoms with van der Waals surface area (Å²) >= 11 is 0. The van der Waals surface area contributed by atoms with Gasteiger partial charge in [0.2, 0.25) is 0 Å². The van der Waals surface area contributed by atoms with Crippen molar-refractivity contribution in [3.05, 3.63) is 0 Å². The highest BCUT2D eigenvalue weighted by molar-refractivity contribution is 6.11. The lowest BCUT2D eigenvalue weighted by Gasteiger charge is -1.95. The SMILES string of the molecule is BC(C)CCC. The van der Waals surface area contributed by atoms with Gasteiger partial charge in [0, 0.05) is 0 Å². The Hall–Kier alpha value is 0.0649. The van der Waals surface area contributed by atoms with E-state index in [0.29, 0.717) is 0 Å². The van der Waals surface area contributed by atoms with Crippen molar-refractivity contribution in [2.75, 3.05) is 0 Å². The van der Waals surface area contributed by atoms with E-state index in [1.54, 1.807) is 0 Å². The molecule has 1 atom stereocenters. The maximum Gasteiger partial charge on any atom is 0.105 e. The van der Waals surface area contributed by atoms with Crippen LogP contribution in [0.5, 0.6) is 0 Å². The fraction of sp³-hybridized carbons (Fsp3) is 1.00. The van der Waals surface area contributed by atoms with Crippen molar-refractivity contribution in [2.24, 2.45) is 0 Å². The van der Waals surface area contributed by atoms with Crippen LogP contribution in [0, 0.1) is 0 Å². The van der Waals surface area contributed by atoms with Crippen LogP contribution >= 0.6 is 0 Å². The molecule has 0 aromatic carbocycles. The van der Waals surface area contributed by atoms with Gasteiger partial charge in [-0.25, -0.2) is 0 Å². The summed E-state index contributed by atoms with van der Waals surface area (Å²) < 4.78 is 0. The molecule has 0 rings (SSSR count). The molecule has 0 aliphatic rings. The fourth-order valence-corrected chi connectivity index (χ4v) is 0.577. The monoisotopic (exact) mass is 84.1 g/mol. The van der Waals surface area contributed by atoms with Crippen LogP contribution < -0.4 is 0 Å². The van der Waals surface area contributed by atoms with Crippen LogP contribution in [-0.2, 0) is 0 Å². The average molecular weight is 84.0 g/mol. The smallest absolute Gasteiger partial charge is 0.0725 e. The number of hydrogen-bond donors (Lipinski definition) is 0. The molecule has 1 heteroatoms. The lowest BCUT2D eigenvalue weighted by Crippen LogP contribution is -1.80. The molecule has 6 heavy (non-hydrogen) atoms. The Bertz CT molecular complexity index is 25.1. The highest BCUT2D eigenvalue weighted by Gasteiger charge is 1.86. The largest absolute Gasteiger partial charge is 0.105 e. The Kier molecular flexibility index (Phi) is 3.30. The van der Waals surface area contributed by atoms with Crippen LogP contribution in [0.2, 0.25) is 5.82 Å². The van der Waals surface area contributed by atoms with Crippen molar-refractivity contribution in [2.45, 2.75) is 32.5 Å². The Morgan fingerprint density at radius 3 is 2.17 bits per heavy atom. The molecule has 0 aliphatic carbocycles. The van der Waals surface area contributed by atoms with Crippen LogP contribution in [-0.4, -0.2) is 7.85 Å². The van der Waals surface area contributed by atoms with E-state index in [0.717, 1.165) is 5.82 Å². The number of hydrogen-bond acceptors (Lipinski definition) is 0. The van der Waals surface area contributed by atoms with Gasteiger partial charge in [0.05, 0.1) is 0 Å². The van der Waals surface area contributed by atoms with E-state index in [4.69, 9.17) is 0 Å². The molecule has 0 heterocycles. The predicted octanol–water partition coefficient (Wildman–Crippen LogP) is 1.23. The molecule has 1 unspecified atom stereocenters. The molecule has 0 bridgehead atoms. The molecule has 0 radical (unpaired) electrons. The van der Waals surface area contributed by atoms with Crippen molar-refractivity contribution in [3.8, 4) is 0 Å². The van der Waals surface area contributed by atoms with Crippen molar-refractivity contribution in [3.63, 3.8) is 0 Å². The van der Waals surface area contributed by atoms with Gasteiger partial charge in [0.15, 0.2) is 0 Å². The summed E-state index contributed by atoms with van der Waals surface area (Å²) in [5.74, 6) is 0.898. The Morgan fingerprint density at radius 1 is 1.67 bits per heavy atom. The molecular formula is C5H13B. The maximum absolute atomic E-state index is 2.25. The van der Waals surface area contributed by atoms with Gasteiger partial charge in [-0.05, 0) is 0 Å². The molecule has 0 nitrogen and oxygen atoms in total. The summed E-state index contributed by atoms with van der Waals surface area (Å²) in [5.41, 5.74) is 0. The topological polar surface area (TPSA) is 0 Å². The number of rotatable bonds is 2. The van der Waals surface area contributed by atoms with E-state index in [9.17, 15) is 0 Å². The highest BCUT2D eigenvalue weighted by Crippen LogP contribution is 2.03. The Labute approximate surface area is 41.4 Å². The third-order valence-corrected chi connectivity index (χ3v) is 0.866. The van der Waals surface area contributed by atoms with Crippen molar-refractivity contribution in [1.29, 1.82) is 0 Å². The molecule has 0 aromatic rings. The third kappa shape index (κ3) is 4.06. The second-order valence-corrected chi connectivity index (χ2v) is 2.18. The van der Waals surface area contributed by atoms with Gasteiger partial charge in [-0.2, -0.15) is 0 Å². The van der Waals surface area contributed by atoms with Crippen LogP contribution in [0.1, 0.15) is 26.7 Å². The normalized spacial score (nSPS) is 14.3. The summed E-state index contributed by atoms with van der Waals surface area (Å²) in [6.07, 6.45) is 2.71. The standard InChI is InChI=1S/C5H13B/c1-3-4-5(2)6/h5H,3-4,6H2,1-2H3. The minimum Gasteiger partial charge on any atom is -0.0725 e. The zero-order valence-electron chi connectivity index (χ0n) is 4.99. The minimum atomic E-state index is 0.898. The van der Waals surface area contributed by atoms with Crippen LogP contribution in [0.15, 0.2) is 0 Å². The average Bonchev–Trinajstić information content (AvgIpc) is 1.35. The predicted molar refractivity (Wildman–Crippen MR) is 32.9 cm³/mol. The van der Waals surface area contributed by atoms with Gasteiger partial charge in [0.1, 0.15) is 7.85 Å². The zero-order chi connectivity index (χ0) is 4.99. The molecule has 0 saturated heterocycles. The van der Waals surface area contributed by atoms with Gasteiger partial charge >= 0.3 is 0 Å². The molecule has 0 saturated carbocycles. The fourth-order valence-electron chi connectivity index (χ4n) is 0.577. The maximum atomic E-state index is 2.25. The molecule has 0 N–H and O–H groups in total. The molecular weight excluding hydrogens is 70.9 g/mol. The van der Waals surface area contributed by atoms with E-state index < -0.39 is 0 Å². The van der Waals surface area contributed by atoms with E-state index in [2.05, 4.69) is 21.7 Å². The first-order valence-corrected chi connectivity index (χ1v) is 2.77. The van der Waals surface area contributed by atoms with Gasteiger partial charge < -0.3 is 0 Å². The van der Waals surface area contributed by atoms with E-state index in [1.807, 2.05) is 0 Å². The molecule has 0 aromatic heterocycles. The van der Waals surface area contributed by atoms with Crippen LogP contribution in [0.4, 0.5) is 0 Å².